The van der Waals surface area contributed by atoms with Gasteiger partial charge in [-0.1, -0.05) is 6.07 Å². The fourth-order valence-electron chi connectivity index (χ4n) is 7.41. The van der Waals surface area contributed by atoms with Gasteiger partial charge >= 0.3 is 41.8 Å². The van der Waals surface area contributed by atoms with Crippen LogP contribution >= 0.6 is 0 Å². The number of rotatable bonds is 15. The lowest BCUT2D eigenvalue weighted by Crippen LogP contribution is -2.74. The number of piperidine rings is 1. The highest BCUT2D eigenvalue weighted by Gasteiger charge is 2.72. The molecule has 2 aliphatic heterocycles. The number of hydrogen-bond donors (Lipinski definition) is 5. The first-order valence-electron chi connectivity index (χ1n) is 16.1. The lowest BCUT2D eigenvalue weighted by atomic mass is 9.50. The molecular formula is C33H37NO18. The second kappa shape index (κ2) is 14.4. The summed E-state index contributed by atoms with van der Waals surface area (Å²) in [6.07, 6.45) is -10.4. The summed E-state index contributed by atoms with van der Waals surface area (Å²) in [5.41, 5.74) is -0.733. The van der Waals surface area contributed by atoms with Crippen LogP contribution in [0.2, 0.25) is 0 Å². The first kappa shape index (κ1) is 38.0. The largest absolute Gasteiger partial charge is 0.493 e. The van der Waals surface area contributed by atoms with Crippen LogP contribution in [-0.4, -0.2) is 135 Å². The molecule has 2 aliphatic carbocycles. The van der Waals surface area contributed by atoms with Crippen molar-refractivity contribution in [1.82, 2.24) is 4.90 Å². The summed E-state index contributed by atoms with van der Waals surface area (Å²) in [5.74, 6) is -10.1. The minimum Gasteiger partial charge on any atom is -0.493 e. The number of aliphatic hydroxyl groups is 2. The van der Waals surface area contributed by atoms with E-state index in [1.165, 1.54) is 13.2 Å². The number of benzene rings is 1. The molecular weight excluding hydrogens is 698 g/mol. The Kier molecular flexibility index (Phi) is 10.5. The molecule has 1 aromatic rings. The van der Waals surface area contributed by atoms with Gasteiger partial charge in [0.15, 0.2) is 29.8 Å². The molecule has 1 fully saturated rings. The zero-order valence-electron chi connectivity index (χ0n) is 28.1. The van der Waals surface area contributed by atoms with Crippen LogP contribution in [-0.2, 0) is 64.3 Å². The average Bonchev–Trinajstić information content (AvgIpc) is 3.42. The van der Waals surface area contributed by atoms with Crippen molar-refractivity contribution in [2.24, 2.45) is 0 Å². The summed E-state index contributed by atoms with van der Waals surface area (Å²) in [5, 5.41) is 48.9. The monoisotopic (exact) mass is 735 g/mol. The third kappa shape index (κ3) is 6.73. The van der Waals surface area contributed by atoms with Gasteiger partial charge in [0, 0.05) is 18.0 Å². The molecule has 5 N–H and O–H groups in total. The fraction of sp³-hybridized carbons (Fsp3) is 0.545. The topological polar surface area (TPSA) is 279 Å². The highest BCUT2D eigenvalue weighted by atomic mass is 16.6. The van der Waals surface area contributed by atoms with Gasteiger partial charge in [0.05, 0.1) is 37.4 Å². The number of aliphatic carboxylic acids is 3. The lowest BCUT2D eigenvalue weighted by molar-refractivity contribution is -0.185. The molecule has 52 heavy (non-hydrogen) atoms. The zero-order chi connectivity index (χ0) is 38.3. The van der Waals surface area contributed by atoms with E-state index in [9.17, 15) is 43.8 Å². The van der Waals surface area contributed by atoms with Gasteiger partial charge in [-0.3, -0.25) is 14.4 Å². The van der Waals surface area contributed by atoms with Gasteiger partial charge in [0.25, 0.3) is 0 Å². The van der Waals surface area contributed by atoms with E-state index in [-0.39, 0.29) is 18.2 Å². The Balaban J connectivity index is 1.37. The number of carbonyl (C=O) groups is 7. The second-order valence-electron chi connectivity index (χ2n) is 12.9. The van der Waals surface area contributed by atoms with E-state index >= 15 is 0 Å². The molecule has 2 heterocycles. The number of aliphatic hydroxyl groups excluding tert-OH is 1. The van der Waals surface area contributed by atoms with Gasteiger partial charge in [-0.2, -0.15) is 0 Å². The maximum absolute atomic E-state index is 13.5. The number of carbonyl (C=O) groups excluding carboxylic acids is 4. The number of nitrogens with zero attached hydrogens (tertiary/aromatic N) is 1. The van der Waals surface area contributed by atoms with Crippen molar-refractivity contribution in [3.05, 3.63) is 35.1 Å². The van der Waals surface area contributed by atoms with Crippen molar-refractivity contribution >= 4 is 41.8 Å². The van der Waals surface area contributed by atoms with Crippen molar-refractivity contribution in [3.8, 4) is 11.5 Å². The van der Waals surface area contributed by atoms with Gasteiger partial charge in [-0.15, -0.1) is 0 Å². The maximum atomic E-state index is 13.5. The molecule has 0 radical (unpaired) electrons. The van der Waals surface area contributed by atoms with Crippen LogP contribution in [0.15, 0.2) is 24.0 Å². The molecule has 0 unspecified atom stereocenters. The van der Waals surface area contributed by atoms with Gasteiger partial charge in [0.2, 0.25) is 12.2 Å². The Morgan fingerprint density at radius 3 is 2.29 bits per heavy atom. The minimum atomic E-state index is -2.24. The summed E-state index contributed by atoms with van der Waals surface area (Å²) in [4.78, 5) is 86.9. The van der Waals surface area contributed by atoms with Crippen LogP contribution in [0, 0.1) is 0 Å². The van der Waals surface area contributed by atoms with Gasteiger partial charge in [-0.25, -0.2) is 19.2 Å². The summed E-state index contributed by atoms with van der Waals surface area (Å²) in [6, 6.07) is 3.34. The molecule has 4 aliphatic rings. The smallest absolute Gasteiger partial charge is 0.348 e. The van der Waals surface area contributed by atoms with Crippen LogP contribution < -0.4 is 9.47 Å². The molecule has 1 saturated heterocycles. The molecule has 282 valence electrons. The molecule has 0 aromatic heterocycles. The zero-order valence-corrected chi connectivity index (χ0v) is 28.1. The molecule has 5 rings (SSSR count). The first-order valence-corrected chi connectivity index (χ1v) is 16.1. The van der Waals surface area contributed by atoms with Crippen LogP contribution in [0.5, 0.6) is 11.5 Å². The van der Waals surface area contributed by atoms with E-state index in [1.807, 2.05) is 13.1 Å². The Hall–Kier alpha value is -5.27. The Bertz CT molecular complexity index is 1720. The first-order chi connectivity index (χ1) is 24.4. The number of ether oxygens (including phenoxy) is 6. The quantitative estimate of drug-likeness (QED) is 0.107. The molecule has 0 saturated carbocycles. The van der Waals surface area contributed by atoms with Crippen molar-refractivity contribution in [1.29, 1.82) is 0 Å². The normalized spacial score (nSPS) is 26.1. The second-order valence-corrected chi connectivity index (χ2v) is 12.9. The Morgan fingerprint density at radius 1 is 0.942 bits per heavy atom. The third-order valence-electron chi connectivity index (χ3n) is 9.84. The van der Waals surface area contributed by atoms with E-state index in [4.69, 9.17) is 39.0 Å². The van der Waals surface area contributed by atoms with Crippen molar-refractivity contribution in [2.45, 2.75) is 93.0 Å². The Labute approximate surface area is 294 Å². The van der Waals surface area contributed by atoms with E-state index in [0.29, 0.717) is 30.9 Å². The highest BCUT2D eigenvalue weighted by molar-refractivity contribution is 5.89. The van der Waals surface area contributed by atoms with Crippen LogP contribution in [0.4, 0.5) is 0 Å². The standard InChI is InChI=1S/C33H37NO18/c1-14(30(44)51-19(29(42)43)12-22(36)37)48-31(45)20(50-23(38)11-16(35)28(40)41)13-24(39)49-18-6-7-33(46)21-10-15-4-5-17(47-3)26-25(15)32(33,27(18)52-26)8-9-34(21)2/h4-6,14,16,19-21,27,35,46H,7-13H2,1-3H3,(H,36,37)(H,40,41)(H,42,43)/t14-,16-,19+,20-,21+,27-,32-,33+/m0/s1. The summed E-state index contributed by atoms with van der Waals surface area (Å²) >= 11 is 0. The van der Waals surface area contributed by atoms with Gasteiger partial charge < -0.3 is 58.9 Å². The molecule has 1 spiro atoms. The minimum absolute atomic E-state index is 0.0149. The third-order valence-corrected chi connectivity index (χ3v) is 9.84. The summed E-state index contributed by atoms with van der Waals surface area (Å²) in [7, 11) is 3.37. The SMILES string of the molecule is COc1ccc2c3c1O[C@H]1C(OC(=O)C[C@H](OC(=O)C[C@H](O)C(=O)O)C(=O)O[C@@H](C)C(=O)O[C@H](CC(=O)O)C(=O)O)=CC[C@@]4(O)[C@@H](C2)N(C)CC[C@]314. The predicted octanol–water partition coefficient (Wildman–Crippen LogP) is -0.944. The average molecular weight is 736 g/mol. The summed E-state index contributed by atoms with van der Waals surface area (Å²) < 4.78 is 32.2. The lowest BCUT2D eigenvalue weighted by Gasteiger charge is -2.61. The molecule has 8 atom stereocenters. The summed E-state index contributed by atoms with van der Waals surface area (Å²) in [6.45, 7) is 1.50. The van der Waals surface area contributed by atoms with Crippen LogP contribution in [0.1, 0.15) is 50.2 Å². The van der Waals surface area contributed by atoms with E-state index in [2.05, 4.69) is 9.64 Å². The van der Waals surface area contributed by atoms with Crippen molar-refractivity contribution in [2.75, 3.05) is 20.7 Å². The van der Waals surface area contributed by atoms with Crippen molar-refractivity contribution in [3.63, 3.8) is 0 Å². The number of carboxylic acid groups (broad SMARTS) is 3. The molecule has 0 amide bonds. The van der Waals surface area contributed by atoms with Crippen LogP contribution in [0.3, 0.4) is 0 Å². The number of methoxy groups -OCH3 is 1. The number of hydrogen-bond acceptors (Lipinski definition) is 16. The fourth-order valence-corrected chi connectivity index (χ4v) is 7.41. The van der Waals surface area contributed by atoms with Crippen molar-refractivity contribution < 1.29 is 87.5 Å². The number of likely N-dealkylation sites (N-methyl/N-ethyl adjacent to an activating group) is 1. The molecule has 19 nitrogen and oxygen atoms in total. The number of likely N-dealkylation sites (tertiary alicyclic amines) is 1. The van der Waals surface area contributed by atoms with E-state index in [0.717, 1.165) is 18.1 Å². The Morgan fingerprint density at radius 2 is 1.65 bits per heavy atom. The molecule has 1 aromatic carbocycles. The molecule has 2 bridgehead atoms. The molecule has 19 heteroatoms. The van der Waals surface area contributed by atoms with Gasteiger partial charge in [0.1, 0.15) is 5.76 Å². The van der Waals surface area contributed by atoms with E-state index in [1.54, 1.807) is 6.07 Å². The number of carboxylic acids is 3. The van der Waals surface area contributed by atoms with Gasteiger partial charge in [-0.05, 0) is 51.1 Å². The highest BCUT2D eigenvalue weighted by Crippen LogP contribution is 2.65. The van der Waals surface area contributed by atoms with Crippen LogP contribution in [0.25, 0.3) is 0 Å². The van der Waals surface area contributed by atoms with E-state index < -0.39 is 103 Å². The predicted molar refractivity (Wildman–Crippen MR) is 166 cm³/mol. The number of esters is 4. The maximum Gasteiger partial charge on any atom is 0.348 e.